The summed E-state index contributed by atoms with van der Waals surface area (Å²) in [4.78, 5) is 34.9. The smallest absolute Gasteiger partial charge is 0.416 e. The molecule has 0 spiro atoms. The van der Waals surface area contributed by atoms with Crippen LogP contribution >= 0.6 is 11.8 Å². The number of ether oxygens (including phenoxy) is 1. The Bertz CT molecular complexity index is 687. The molecular formula is C17H19F3O4S. The molecular weight excluding hydrogens is 357 g/mol. The maximum Gasteiger partial charge on any atom is 0.416 e. The molecule has 8 heteroatoms. The molecule has 0 fully saturated rings. The van der Waals surface area contributed by atoms with Gasteiger partial charge in [0, 0.05) is 5.56 Å². The minimum atomic E-state index is -4.67. The highest BCUT2D eigenvalue weighted by atomic mass is 32.2. The first-order valence-corrected chi connectivity index (χ1v) is 8.57. The highest BCUT2D eigenvalue weighted by molar-refractivity contribution is 8.15. The van der Waals surface area contributed by atoms with E-state index >= 15 is 0 Å². The van der Waals surface area contributed by atoms with Gasteiger partial charge in [-0.05, 0) is 36.7 Å². The summed E-state index contributed by atoms with van der Waals surface area (Å²) in [5.41, 5.74) is -1.54. The molecule has 0 bridgehead atoms. The van der Waals surface area contributed by atoms with Crippen molar-refractivity contribution in [1.82, 2.24) is 0 Å². The van der Waals surface area contributed by atoms with Crippen molar-refractivity contribution >= 4 is 22.8 Å². The van der Waals surface area contributed by atoms with E-state index in [2.05, 4.69) is 4.74 Å². The second-order valence-electron chi connectivity index (χ2n) is 5.34. The van der Waals surface area contributed by atoms with Gasteiger partial charge in [0.25, 0.3) is 0 Å². The summed E-state index contributed by atoms with van der Waals surface area (Å²) in [6, 6.07) is 2.57. The number of halogens is 3. The fourth-order valence-corrected chi connectivity index (χ4v) is 2.87. The van der Waals surface area contributed by atoms with Gasteiger partial charge in [0.2, 0.25) is 0 Å². The van der Waals surface area contributed by atoms with Crippen molar-refractivity contribution in [2.24, 2.45) is 0 Å². The normalized spacial score (nSPS) is 11.2. The van der Waals surface area contributed by atoms with Gasteiger partial charge in [-0.15, -0.1) is 0 Å². The number of carbonyl (C=O) groups is 2. The van der Waals surface area contributed by atoms with Crippen LogP contribution in [-0.2, 0) is 26.9 Å². The van der Waals surface area contributed by atoms with Crippen LogP contribution in [0.4, 0.5) is 13.2 Å². The molecule has 1 aromatic rings. The summed E-state index contributed by atoms with van der Waals surface area (Å²) < 4.78 is 43.3. The van der Waals surface area contributed by atoms with Crippen molar-refractivity contribution < 1.29 is 27.5 Å². The molecule has 4 nitrogen and oxygen atoms in total. The number of hydrogen-bond donors (Lipinski definition) is 0. The van der Waals surface area contributed by atoms with E-state index in [4.69, 9.17) is 0 Å². The minimum Gasteiger partial charge on any atom is -0.463 e. The van der Waals surface area contributed by atoms with Gasteiger partial charge in [-0.3, -0.25) is 9.59 Å². The Kier molecular flexibility index (Phi) is 8.15. The Labute approximate surface area is 147 Å². The molecule has 0 heterocycles. The fourth-order valence-electron chi connectivity index (χ4n) is 2.10. The molecule has 0 saturated heterocycles. The molecule has 1 rings (SSSR count). The van der Waals surface area contributed by atoms with Crippen LogP contribution in [0.15, 0.2) is 27.9 Å². The Balaban J connectivity index is 3.26. The van der Waals surface area contributed by atoms with E-state index in [0.717, 1.165) is 38.5 Å². The van der Waals surface area contributed by atoms with Crippen molar-refractivity contribution in [3.8, 4) is 0 Å². The lowest BCUT2D eigenvalue weighted by Gasteiger charge is -2.04. The van der Waals surface area contributed by atoms with Crippen molar-refractivity contribution in [3.63, 3.8) is 0 Å². The van der Waals surface area contributed by atoms with Gasteiger partial charge in [0.05, 0.1) is 17.6 Å². The van der Waals surface area contributed by atoms with Crippen LogP contribution in [0.3, 0.4) is 0 Å². The van der Waals surface area contributed by atoms with Crippen LogP contribution in [0.5, 0.6) is 0 Å². The average Bonchev–Trinajstić information content (AvgIpc) is 2.71. The van der Waals surface area contributed by atoms with Gasteiger partial charge in [-0.1, -0.05) is 32.3 Å². The lowest BCUT2D eigenvalue weighted by Crippen LogP contribution is -2.15. The Morgan fingerprint density at radius 2 is 1.84 bits per heavy atom. The summed E-state index contributed by atoms with van der Waals surface area (Å²) in [5.74, 6) is -1.23. The van der Waals surface area contributed by atoms with Gasteiger partial charge >= 0.3 is 17.3 Å². The van der Waals surface area contributed by atoms with E-state index < -0.39 is 33.1 Å². The Hall–Kier alpha value is -1.83. The third-order valence-corrected chi connectivity index (χ3v) is 4.32. The van der Waals surface area contributed by atoms with Crippen molar-refractivity contribution in [2.75, 3.05) is 7.11 Å². The predicted molar refractivity (Wildman–Crippen MR) is 88.4 cm³/mol. The lowest BCUT2D eigenvalue weighted by atomic mass is 10.1. The molecule has 0 N–H and O–H groups in total. The monoisotopic (exact) mass is 376 g/mol. The Morgan fingerprint density at radius 1 is 1.16 bits per heavy atom. The lowest BCUT2D eigenvalue weighted by molar-refractivity contribution is -0.147. The molecule has 1 aromatic carbocycles. The number of thioether (sulfide) groups is 1. The number of esters is 1. The topological polar surface area (TPSA) is 60.4 Å². The zero-order chi connectivity index (χ0) is 19.0. The second-order valence-corrected chi connectivity index (χ2v) is 6.36. The summed E-state index contributed by atoms with van der Waals surface area (Å²) >= 11 is 0.158. The molecule has 138 valence electrons. The van der Waals surface area contributed by atoms with Crippen molar-refractivity contribution in [1.29, 1.82) is 0 Å². The molecule has 0 radical (unpaired) electrons. The largest absolute Gasteiger partial charge is 0.463 e. The number of rotatable bonds is 6. The maximum absolute atomic E-state index is 13.0. The number of aryl methyl sites for hydroxylation is 1. The van der Waals surface area contributed by atoms with E-state index in [0.29, 0.717) is 18.9 Å². The van der Waals surface area contributed by atoms with Gasteiger partial charge in [-0.25, -0.2) is 4.79 Å². The van der Waals surface area contributed by atoms with Gasteiger partial charge < -0.3 is 4.74 Å². The quantitative estimate of drug-likeness (QED) is 0.325. The average molecular weight is 376 g/mol. The second kappa shape index (κ2) is 9.60. The third-order valence-electron chi connectivity index (χ3n) is 3.45. The van der Waals surface area contributed by atoms with E-state index in [1.807, 2.05) is 6.92 Å². The number of carbonyl (C=O) groups excluding carboxylic acids is 2. The van der Waals surface area contributed by atoms with E-state index in [9.17, 15) is 27.6 Å². The van der Waals surface area contributed by atoms with Crippen LogP contribution < -0.4 is 5.43 Å². The van der Waals surface area contributed by atoms with Crippen LogP contribution in [0.2, 0.25) is 0 Å². The minimum absolute atomic E-state index is 0.158. The standard InChI is InChI=1S/C17H19F3O4S/c1-3-4-5-6-7-11-8-9-12(17(18,19)20)10-13(14(11)21)25-16(23)15(22)24-2/h8-10H,3-7H2,1-2H3. The maximum atomic E-state index is 13.0. The molecule has 0 unspecified atom stereocenters. The van der Waals surface area contributed by atoms with Gasteiger partial charge in [-0.2, -0.15) is 13.2 Å². The first kappa shape index (κ1) is 21.2. The summed E-state index contributed by atoms with van der Waals surface area (Å²) in [5, 5.41) is -1.14. The molecule has 0 atom stereocenters. The van der Waals surface area contributed by atoms with Gasteiger partial charge in [0.15, 0.2) is 5.43 Å². The number of hydrogen-bond acceptors (Lipinski definition) is 5. The zero-order valence-electron chi connectivity index (χ0n) is 13.9. The highest BCUT2D eigenvalue weighted by Crippen LogP contribution is 2.31. The first-order valence-electron chi connectivity index (χ1n) is 7.75. The molecule has 0 saturated carbocycles. The molecule has 0 amide bonds. The van der Waals surface area contributed by atoms with E-state index in [1.54, 1.807) is 0 Å². The highest BCUT2D eigenvalue weighted by Gasteiger charge is 2.31. The third kappa shape index (κ3) is 6.53. The summed E-state index contributed by atoms with van der Waals surface area (Å²) in [7, 11) is 0.976. The van der Waals surface area contributed by atoms with Crippen molar-refractivity contribution in [3.05, 3.63) is 39.5 Å². The first-order chi connectivity index (χ1) is 11.7. The van der Waals surface area contributed by atoms with Crippen LogP contribution in [0.25, 0.3) is 0 Å². The van der Waals surface area contributed by atoms with E-state index in [-0.39, 0.29) is 17.3 Å². The van der Waals surface area contributed by atoms with Crippen LogP contribution in [-0.4, -0.2) is 18.2 Å². The van der Waals surface area contributed by atoms with Crippen LogP contribution in [0, 0.1) is 0 Å². The summed E-state index contributed by atoms with van der Waals surface area (Å²) in [6.45, 7) is 2.02. The van der Waals surface area contributed by atoms with E-state index in [1.165, 1.54) is 0 Å². The summed E-state index contributed by atoms with van der Waals surface area (Å²) in [6.07, 6.45) is -0.907. The molecule has 0 aromatic heterocycles. The number of alkyl halides is 3. The molecule has 0 aliphatic heterocycles. The molecule has 0 aliphatic rings. The molecule has 0 aliphatic carbocycles. The Morgan fingerprint density at radius 3 is 2.40 bits per heavy atom. The fraction of sp³-hybridized carbons (Fsp3) is 0.471. The number of unbranched alkanes of at least 4 members (excludes halogenated alkanes) is 3. The van der Waals surface area contributed by atoms with Crippen LogP contribution in [0.1, 0.15) is 43.7 Å². The molecule has 25 heavy (non-hydrogen) atoms. The predicted octanol–water partition coefficient (Wildman–Crippen LogP) is 3.98. The zero-order valence-corrected chi connectivity index (χ0v) is 14.8. The number of methoxy groups -OCH3 is 1. The van der Waals surface area contributed by atoms with Crippen molar-refractivity contribution in [2.45, 2.75) is 50.1 Å². The SMILES string of the molecule is CCCCCCc1ccc(C(F)(F)F)cc(SC(=O)C(=O)OC)c1=O. The van der Waals surface area contributed by atoms with Gasteiger partial charge in [0.1, 0.15) is 0 Å².